The molecule has 1 aromatic heterocycles. The third kappa shape index (κ3) is 2.44. The van der Waals surface area contributed by atoms with Crippen molar-refractivity contribution in [1.82, 2.24) is 15.5 Å². The predicted molar refractivity (Wildman–Crippen MR) is 61.7 cm³/mol. The van der Waals surface area contributed by atoms with Gasteiger partial charge in [0.25, 0.3) is 0 Å². The van der Waals surface area contributed by atoms with Gasteiger partial charge in [-0.25, -0.2) is 0 Å². The molecule has 0 saturated carbocycles. The molecule has 0 saturated heterocycles. The number of benzene rings is 1. The Morgan fingerprint density at radius 1 is 1.27 bits per heavy atom. The molecule has 0 aliphatic rings. The summed E-state index contributed by atoms with van der Waals surface area (Å²) in [6, 6.07) is 12.3. The van der Waals surface area contributed by atoms with Gasteiger partial charge in [0, 0.05) is 24.2 Å². The van der Waals surface area contributed by atoms with Crippen LogP contribution >= 0.6 is 0 Å². The third-order valence-electron chi connectivity index (χ3n) is 2.34. The van der Waals surface area contributed by atoms with Crippen molar-refractivity contribution in [3.63, 3.8) is 0 Å². The topological polar surface area (TPSA) is 40.7 Å². The minimum absolute atomic E-state index is 0.969. The summed E-state index contributed by atoms with van der Waals surface area (Å²) in [6.07, 6.45) is 0.982. The summed E-state index contributed by atoms with van der Waals surface area (Å²) in [5, 5.41) is 10.5. The number of hydrogen-bond donors (Lipinski definition) is 2. The molecule has 3 heteroatoms. The molecule has 0 aliphatic heterocycles. The van der Waals surface area contributed by atoms with Crippen LogP contribution in [0.2, 0.25) is 0 Å². The highest BCUT2D eigenvalue weighted by molar-refractivity contribution is 5.58. The van der Waals surface area contributed by atoms with Crippen LogP contribution in [0.3, 0.4) is 0 Å². The van der Waals surface area contributed by atoms with Crippen LogP contribution in [-0.2, 0) is 6.42 Å². The lowest BCUT2D eigenvalue weighted by molar-refractivity contribution is 0.772. The molecule has 1 heterocycles. The normalized spacial score (nSPS) is 10.5. The number of rotatable bonds is 4. The Kier molecular flexibility index (Phi) is 3.15. The number of H-pyrrole nitrogens is 1. The Hall–Kier alpha value is -1.61. The first-order valence-corrected chi connectivity index (χ1v) is 5.14. The van der Waals surface area contributed by atoms with Crippen molar-refractivity contribution in [3.05, 3.63) is 42.1 Å². The van der Waals surface area contributed by atoms with Crippen molar-refractivity contribution in [2.24, 2.45) is 0 Å². The molecule has 0 amide bonds. The number of aromatic amines is 1. The Morgan fingerprint density at radius 3 is 2.80 bits per heavy atom. The van der Waals surface area contributed by atoms with Crippen molar-refractivity contribution in [2.45, 2.75) is 6.42 Å². The molecular formula is C12H15N3. The number of hydrogen-bond acceptors (Lipinski definition) is 2. The molecular weight excluding hydrogens is 186 g/mol. The van der Waals surface area contributed by atoms with Gasteiger partial charge in [0.2, 0.25) is 0 Å². The van der Waals surface area contributed by atoms with E-state index < -0.39 is 0 Å². The Balaban J connectivity index is 2.14. The summed E-state index contributed by atoms with van der Waals surface area (Å²) < 4.78 is 0. The van der Waals surface area contributed by atoms with Gasteiger partial charge in [0.15, 0.2) is 0 Å². The molecule has 15 heavy (non-hydrogen) atoms. The molecule has 0 spiro atoms. The SMILES string of the molecule is CNCCc1cc(-c2ccccc2)n[nH]1. The number of nitrogens with one attached hydrogen (secondary N) is 2. The van der Waals surface area contributed by atoms with Gasteiger partial charge in [-0.2, -0.15) is 5.10 Å². The monoisotopic (exact) mass is 201 g/mol. The van der Waals surface area contributed by atoms with E-state index in [0.29, 0.717) is 0 Å². The molecule has 1 aromatic carbocycles. The second-order valence-corrected chi connectivity index (χ2v) is 3.50. The van der Waals surface area contributed by atoms with Gasteiger partial charge < -0.3 is 5.32 Å². The molecule has 78 valence electrons. The third-order valence-corrected chi connectivity index (χ3v) is 2.34. The fraction of sp³-hybridized carbons (Fsp3) is 0.250. The van der Waals surface area contributed by atoms with Crippen molar-refractivity contribution >= 4 is 0 Å². The van der Waals surface area contributed by atoms with E-state index >= 15 is 0 Å². The molecule has 0 radical (unpaired) electrons. The first-order chi connectivity index (χ1) is 7.40. The Labute approximate surface area is 89.5 Å². The summed E-state index contributed by atoms with van der Waals surface area (Å²) in [7, 11) is 1.95. The van der Waals surface area contributed by atoms with Crippen LogP contribution in [0, 0.1) is 0 Å². The molecule has 0 unspecified atom stereocenters. The molecule has 0 fully saturated rings. The largest absolute Gasteiger partial charge is 0.319 e. The van der Waals surface area contributed by atoms with Crippen LogP contribution in [0.4, 0.5) is 0 Å². The van der Waals surface area contributed by atoms with Crippen molar-refractivity contribution < 1.29 is 0 Å². The van der Waals surface area contributed by atoms with E-state index in [4.69, 9.17) is 0 Å². The van der Waals surface area contributed by atoms with Gasteiger partial charge in [-0.05, 0) is 13.1 Å². The van der Waals surface area contributed by atoms with Gasteiger partial charge in [-0.1, -0.05) is 30.3 Å². The van der Waals surface area contributed by atoms with Crippen LogP contribution in [-0.4, -0.2) is 23.8 Å². The summed E-state index contributed by atoms with van der Waals surface area (Å²) >= 11 is 0. The van der Waals surface area contributed by atoms with Crippen LogP contribution in [0.15, 0.2) is 36.4 Å². The van der Waals surface area contributed by atoms with Crippen molar-refractivity contribution in [3.8, 4) is 11.3 Å². The Morgan fingerprint density at radius 2 is 2.07 bits per heavy atom. The lowest BCUT2D eigenvalue weighted by Gasteiger charge is -1.94. The first kappa shape index (κ1) is 9.93. The molecule has 0 bridgehead atoms. The van der Waals surface area contributed by atoms with E-state index in [1.165, 1.54) is 5.69 Å². The van der Waals surface area contributed by atoms with Gasteiger partial charge in [-0.15, -0.1) is 0 Å². The highest BCUT2D eigenvalue weighted by Gasteiger charge is 2.02. The van der Waals surface area contributed by atoms with Gasteiger partial charge in [0.05, 0.1) is 5.69 Å². The summed E-state index contributed by atoms with van der Waals surface area (Å²) in [5.41, 5.74) is 3.34. The van der Waals surface area contributed by atoms with E-state index in [1.54, 1.807) is 0 Å². The minimum Gasteiger partial charge on any atom is -0.319 e. The summed E-state index contributed by atoms with van der Waals surface area (Å²) in [5.74, 6) is 0. The zero-order valence-electron chi connectivity index (χ0n) is 8.83. The molecule has 2 rings (SSSR count). The van der Waals surface area contributed by atoms with Crippen LogP contribution in [0.25, 0.3) is 11.3 Å². The highest BCUT2D eigenvalue weighted by Crippen LogP contribution is 2.16. The second kappa shape index (κ2) is 4.75. The lowest BCUT2D eigenvalue weighted by Crippen LogP contribution is -2.10. The number of likely N-dealkylation sites (N-methyl/N-ethyl adjacent to an activating group) is 1. The number of aromatic nitrogens is 2. The standard InChI is InChI=1S/C12H15N3/c1-13-8-7-11-9-12(15-14-11)10-5-3-2-4-6-10/h2-6,9,13H,7-8H2,1H3,(H,14,15). The average molecular weight is 201 g/mol. The molecule has 0 atom stereocenters. The van der Waals surface area contributed by atoms with Gasteiger partial charge >= 0.3 is 0 Å². The fourth-order valence-electron chi connectivity index (χ4n) is 1.51. The molecule has 0 aliphatic carbocycles. The van der Waals surface area contributed by atoms with E-state index in [9.17, 15) is 0 Å². The first-order valence-electron chi connectivity index (χ1n) is 5.14. The molecule has 3 nitrogen and oxygen atoms in total. The maximum atomic E-state index is 4.29. The number of nitrogens with zero attached hydrogens (tertiary/aromatic N) is 1. The van der Waals surface area contributed by atoms with E-state index in [-0.39, 0.29) is 0 Å². The van der Waals surface area contributed by atoms with Gasteiger partial charge in [-0.3, -0.25) is 5.10 Å². The lowest BCUT2D eigenvalue weighted by atomic mass is 10.1. The minimum atomic E-state index is 0.969. The van der Waals surface area contributed by atoms with Crippen LogP contribution in [0.5, 0.6) is 0 Å². The van der Waals surface area contributed by atoms with Crippen molar-refractivity contribution in [2.75, 3.05) is 13.6 Å². The van der Waals surface area contributed by atoms with Crippen LogP contribution in [0.1, 0.15) is 5.69 Å². The summed E-state index contributed by atoms with van der Waals surface area (Å²) in [4.78, 5) is 0. The summed E-state index contributed by atoms with van der Waals surface area (Å²) in [6.45, 7) is 0.969. The van der Waals surface area contributed by atoms with Gasteiger partial charge in [0.1, 0.15) is 0 Å². The predicted octanol–water partition coefficient (Wildman–Crippen LogP) is 1.84. The van der Waals surface area contributed by atoms with Crippen LogP contribution < -0.4 is 5.32 Å². The smallest absolute Gasteiger partial charge is 0.0923 e. The van der Waals surface area contributed by atoms with E-state index in [2.05, 4.69) is 33.7 Å². The molecule has 2 aromatic rings. The maximum absolute atomic E-state index is 4.29. The van der Waals surface area contributed by atoms with Crippen molar-refractivity contribution in [1.29, 1.82) is 0 Å². The fourth-order valence-corrected chi connectivity index (χ4v) is 1.51. The quantitative estimate of drug-likeness (QED) is 0.792. The van der Waals surface area contributed by atoms with E-state index in [1.807, 2.05) is 25.2 Å². The highest BCUT2D eigenvalue weighted by atomic mass is 15.1. The zero-order valence-corrected chi connectivity index (χ0v) is 8.83. The second-order valence-electron chi connectivity index (χ2n) is 3.50. The maximum Gasteiger partial charge on any atom is 0.0923 e. The molecule has 2 N–H and O–H groups in total. The average Bonchev–Trinajstić information content (AvgIpc) is 2.76. The van der Waals surface area contributed by atoms with E-state index in [0.717, 1.165) is 24.2 Å². The Bertz CT molecular complexity index is 406. The zero-order chi connectivity index (χ0) is 10.5.